The minimum absolute atomic E-state index is 0.0771. The molecular formula is C22H25Cl2N3O. The van der Waals surface area contributed by atoms with Gasteiger partial charge in [0, 0.05) is 36.3 Å². The quantitative estimate of drug-likeness (QED) is 0.656. The average Bonchev–Trinajstić information content (AvgIpc) is 3.54. The maximum Gasteiger partial charge on any atom is 0.226 e. The molecule has 1 saturated carbocycles. The van der Waals surface area contributed by atoms with Gasteiger partial charge in [0.1, 0.15) is 5.82 Å². The fourth-order valence-corrected chi connectivity index (χ4v) is 4.30. The van der Waals surface area contributed by atoms with E-state index in [4.69, 9.17) is 23.2 Å². The molecule has 0 N–H and O–H groups in total. The number of anilines is 1. The largest absolute Gasteiger partial charge is 0.357 e. The number of aromatic nitrogens is 1. The molecule has 0 radical (unpaired) electrons. The van der Waals surface area contributed by atoms with E-state index in [1.54, 1.807) is 6.20 Å². The van der Waals surface area contributed by atoms with Gasteiger partial charge in [0.2, 0.25) is 5.91 Å². The van der Waals surface area contributed by atoms with Gasteiger partial charge in [-0.15, -0.1) is 0 Å². The van der Waals surface area contributed by atoms with Crippen LogP contribution in [0.2, 0.25) is 10.0 Å². The van der Waals surface area contributed by atoms with E-state index < -0.39 is 0 Å². The Morgan fingerprint density at radius 3 is 2.25 bits per heavy atom. The number of hydrogen-bond donors (Lipinski definition) is 0. The fraction of sp³-hybridized carbons (Fsp3) is 0.455. The van der Waals surface area contributed by atoms with Crippen molar-refractivity contribution in [3.05, 3.63) is 58.2 Å². The van der Waals surface area contributed by atoms with Crippen LogP contribution in [0.1, 0.15) is 44.2 Å². The summed E-state index contributed by atoms with van der Waals surface area (Å²) in [7, 11) is 0. The van der Waals surface area contributed by atoms with Crippen LogP contribution in [-0.4, -0.2) is 34.9 Å². The van der Waals surface area contributed by atoms with Crippen molar-refractivity contribution in [2.45, 2.75) is 44.7 Å². The Bertz CT molecular complexity index is 813. The van der Waals surface area contributed by atoms with E-state index in [2.05, 4.69) is 21.7 Å². The van der Waals surface area contributed by atoms with Gasteiger partial charge >= 0.3 is 0 Å². The predicted molar refractivity (Wildman–Crippen MR) is 114 cm³/mol. The lowest BCUT2D eigenvalue weighted by atomic mass is 9.93. The number of hydrogen-bond acceptors (Lipinski definition) is 3. The summed E-state index contributed by atoms with van der Waals surface area (Å²) in [4.78, 5) is 22.2. The second-order valence-corrected chi connectivity index (χ2v) is 8.67. The highest BCUT2D eigenvalue weighted by molar-refractivity contribution is 6.30. The standard InChI is InChI=1S/C22H25Cl2N3O/c1-15(16-2-4-18(23)5-3-16)27(20-7-8-20)22(28)17-10-12-26(13-11-17)21-9-6-19(24)14-25-21/h2-6,9,14-15,17,20H,7-8,10-13H2,1H3. The first-order valence-corrected chi connectivity index (χ1v) is 10.7. The summed E-state index contributed by atoms with van der Waals surface area (Å²) in [6.07, 6.45) is 5.62. The summed E-state index contributed by atoms with van der Waals surface area (Å²) >= 11 is 12.0. The van der Waals surface area contributed by atoms with Crippen LogP contribution in [0.15, 0.2) is 42.6 Å². The lowest BCUT2D eigenvalue weighted by Crippen LogP contribution is -2.44. The minimum Gasteiger partial charge on any atom is -0.357 e. The first kappa shape index (κ1) is 19.5. The van der Waals surface area contributed by atoms with Gasteiger partial charge < -0.3 is 9.80 Å². The molecule has 1 aromatic heterocycles. The average molecular weight is 418 g/mol. The molecule has 1 aliphatic heterocycles. The van der Waals surface area contributed by atoms with Crippen molar-refractivity contribution < 1.29 is 4.79 Å². The van der Waals surface area contributed by atoms with Crippen molar-refractivity contribution in [2.75, 3.05) is 18.0 Å². The van der Waals surface area contributed by atoms with Crippen molar-refractivity contribution in [1.29, 1.82) is 0 Å². The van der Waals surface area contributed by atoms with Crippen LogP contribution in [-0.2, 0) is 4.79 Å². The third-order valence-electron chi connectivity index (χ3n) is 5.84. The monoisotopic (exact) mass is 417 g/mol. The van der Waals surface area contributed by atoms with Crippen LogP contribution in [0.5, 0.6) is 0 Å². The van der Waals surface area contributed by atoms with Gasteiger partial charge in [0.15, 0.2) is 0 Å². The van der Waals surface area contributed by atoms with Gasteiger partial charge in [0.05, 0.1) is 11.1 Å². The first-order chi connectivity index (χ1) is 13.5. The van der Waals surface area contributed by atoms with Gasteiger partial charge in [-0.1, -0.05) is 35.3 Å². The number of carbonyl (C=O) groups excluding carboxylic acids is 1. The van der Waals surface area contributed by atoms with Gasteiger partial charge in [-0.05, 0) is 62.4 Å². The molecular weight excluding hydrogens is 393 g/mol. The van der Waals surface area contributed by atoms with Gasteiger partial charge in [0.25, 0.3) is 0 Å². The first-order valence-electron chi connectivity index (χ1n) is 9.97. The molecule has 1 aliphatic carbocycles. The highest BCUT2D eigenvalue weighted by Crippen LogP contribution is 2.37. The molecule has 1 amide bonds. The van der Waals surface area contributed by atoms with Crippen LogP contribution in [0.3, 0.4) is 0 Å². The topological polar surface area (TPSA) is 36.4 Å². The number of nitrogens with zero attached hydrogens (tertiary/aromatic N) is 3. The molecule has 2 fully saturated rings. The highest BCUT2D eigenvalue weighted by atomic mass is 35.5. The maximum atomic E-state index is 13.4. The molecule has 1 aromatic carbocycles. The number of amides is 1. The Morgan fingerprint density at radius 2 is 1.68 bits per heavy atom. The molecule has 0 bridgehead atoms. The molecule has 2 aromatic rings. The van der Waals surface area contributed by atoms with E-state index >= 15 is 0 Å². The highest BCUT2D eigenvalue weighted by Gasteiger charge is 2.39. The van der Waals surface area contributed by atoms with Crippen molar-refractivity contribution in [3.8, 4) is 0 Å². The third-order valence-corrected chi connectivity index (χ3v) is 6.32. The summed E-state index contributed by atoms with van der Waals surface area (Å²) in [6.45, 7) is 3.82. The summed E-state index contributed by atoms with van der Waals surface area (Å²) in [5, 5.41) is 1.37. The van der Waals surface area contributed by atoms with E-state index in [1.807, 2.05) is 36.4 Å². The molecule has 6 heteroatoms. The molecule has 148 valence electrons. The Kier molecular flexibility index (Phi) is 5.79. The molecule has 28 heavy (non-hydrogen) atoms. The van der Waals surface area contributed by atoms with Crippen molar-refractivity contribution >= 4 is 34.9 Å². The molecule has 1 saturated heterocycles. The Labute approximate surface area is 176 Å². The van der Waals surface area contributed by atoms with E-state index in [0.717, 1.165) is 55.2 Å². The second kappa shape index (κ2) is 8.30. The van der Waals surface area contributed by atoms with Crippen LogP contribution in [0, 0.1) is 5.92 Å². The lowest BCUT2D eigenvalue weighted by Gasteiger charge is -2.37. The Hall–Kier alpha value is -1.78. The summed E-state index contributed by atoms with van der Waals surface area (Å²) in [5.74, 6) is 1.32. The lowest BCUT2D eigenvalue weighted by molar-refractivity contribution is -0.139. The third kappa shape index (κ3) is 4.28. The molecule has 2 heterocycles. The van der Waals surface area contributed by atoms with Crippen LogP contribution < -0.4 is 4.90 Å². The Balaban J connectivity index is 1.42. The van der Waals surface area contributed by atoms with E-state index in [0.29, 0.717) is 17.0 Å². The molecule has 4 rings (SSSR count). The van der Waals surface area contributed by atoms with E-state index in [-0.39, 0.29) is 12.0 Å². The van der Waals surface area contributed by atoms with Crippen LogP contribution in [0.4, 0.5) is 5.82 Å². The van der Waals surface area contributed by atoms with Gasteiger partial charge in [-0.3, -0.25) is 4.79 Å². The number of halogens is 2. The molecule has 1 atom stereocenters. The van der Waals surface area contributed by atoms with Crippen LogP contribution >= 0.6 is 23.2 Å². The SMILES string of the molecule is CC(c1ccc(Cl)cc1)N(C(=O)C1CCN(c2ccc(Cl)cn2)CC1)C1CC1. The number of rotatable bonds is 5. The van der Waals surface area contributed by atoms with Crippen molar-refractivity contribution in [3.63, 3.8) is 0 Å². The normalized spacial score (nSPS) is 18.8. The Morgan fingerprint density at radius 1 is 1.04 bits per heavy atom. The summed E-state index contributed by atoms with van der Waals surface area (Å²) in [5.41, 5.74) is 1.15. The maximum absolute atomic E-state index is 13.4. The number of benzene rings is 1. The van der Waals surface area contributed by atoms with Gasteiger partial charge in [-0.25, -0.2) is 4.98 Å². The zero-order chi connectivity index (χ0) is 19.7. The van der Waals surface area contributed by atoms with Crippen molar-refractivity contribution in [1.82, 2.24) is 9.88 Å². The minimum atomic E-state index is 0.0771. The summed E-state index contributed by atoms with van der Waals surface area (Å²) in [6, 6.07) is 12.1. The second-order valence-electron chi connectivity index (χ2n) is 7.80. The molecule has 0 spiro atoms. The van der Waals surface area contributed by atoms with Gasteiger partial charge in [-0.2, -0.15) is 0 Å². The zero-order valence-corrected chi connectivity index (χ0v) is 17.5. The van der Waals surface area contributed by atoms with Crippen LogP contribution in [0.25, 0.3) is 0 Å². The number of piperidine rings is 1. The van der Waals surface area contributed by atoms with Crippen molar-refractivity contribution in [2.24, 2.45) is 5.92 Å². The zero-order valence-electron chi connectivity index (χ0n) is 16.0. The molecule has 1 unspecified atom stereocenters. The summed E-state index contributed by atoms with van der Waals surface area (Å²) < 4.78 is 0. The number of carbonyl (C=O) groups is 1. The predicted octanol–water partition coefficient (Wildman–Crippen LogP) is 5.36. The molecule has 2 aliphatic rings. The van der Waals surface area contributed by atoms with E-state index in [9.17, 15) is 4.79 Å². The van der Waals surface area contributed by atoms with E-state index in [1.165, 1.54) is 0 Å². The smallest absolute Gasteiger partial charge is 0.226 e. The number of pyridine rings is 1. The fourth-order valence-electron chi connectivity index (χ4n) is 4.06. The molecule has 4 nitrogen and oxygen atoms in total.